The average molecular weight is 464 g/mol. The number of anilines is 1. The summed E-state index contributed by atoms with van der Waals surface area (Å²) in [6.45, 7) is 2.49. The predicted molar refractivity (Wildman–Crippen MR) is 126 cm³/mol. The molecule has 6 nitrogen and oxygen atoms in total. The molecule has 1 aliphatic rings. The predicted octanol–water partition coefficient (Wildman–Crippen LogP) is 5.63. The summed E-state index contributed by atoms with van der Waals surface area (Å²) in [4.78, 5) is 23.8. The van der Waals surface area contributed by atoms with Gasteiger partial charge >= 0.3 is 0 Å². The summed E-state index contributed by atoms with van der Waals surface area (Å²) in [5.41, 5.74) is 3.46. The van der Waals surface area contributed by atoms with Crippen LogP contribution in [0.3, 0.4) is 0 Å². The molecule has 32 heavy (non-hydrogen) atoms. The van der Waals surface area contributed by atoms with E-state index in [2.05, 4.69) is 4.98 Å². The fraction of sp³-hybridized carbons (Fsp3) is 0.125. The Hall–Kier alpha value is -3.42. The lowest BCUT2D eigenvalue weighted by atomic mass is 10.2. The Kier molecular flexibility index (Phi) is 5.51. The first-order chi connectivity index (χ1) is 15.6. The summed E-state index contributed by atoms with van der Waals surface area (Å²) >= 11 is 7.73. The van der Waals surface area contributed by atoms with Crippen LogP contribution in [0, 0.1) is 6.92 Å². The van der Waals surface area contributed by atoms with Crippen LogP contribution in [0.1, 0.15) is 16.7 Å². The van der Waals surface area contributed by atoms with Crippen LogP contribution in [0.4, 0.5) is 5.13 Å². The standard InChI is InChI=1S/C24H18ClN3O3S/c1-15-18(25)6-8-21-23(15)27-24(32-21)28(13-17-3-2-10-26-12-17)22(29)9-5-16-4-7-19-20(11-16)31-14-30-19/h2-12H,13-14H2,1H3. The number of nitrogens with zero attached hydrogens (tertiary/aromatic N) is 3. The Bertz CT molecular complexity index is 1340. The van der Waals surface area contributed by atoms with Crippen molar-refractivity contribution in [3.63, 3.8) is 0 Å². The number of hydrogen-bond donors (Lipinski definition) is 0. The number of ether oxygens (including phenoxy) is 2. The second-order valence-electron chi connectivity index (χ2n) is 7.25. The number of hydrogen-bond acceptors (Lipinski definition) is 6. The molecule has 3 heterocycles. The third-order valence-corrected chi connectivity index (χ3v) is 6.57. The molecule has 0 N–H and O–H groups in total. The third kappa shape index (κ3) is 4.04. The number of carbonyl (C=O) groups is 1. The molecule has 2 aromatic carbocycles. The zero-order valence-electron chi connectivity index (χ0n) is 17.1. The van der Waals surface area contributed by atoms with Crippen molar-refractivity contribution in [2.24, 2.45) is 0 Å². The molecule has 0 fully saturated rings. The molecule has 0 aliphatic carbocycles. The van der Waals surface area contributed by atoms with Crippen LogP contribution in [-0.2, 0) is 11.3 Å². The summed E-state index contributed by atoms with van der Waals surface area (Å²) in [6.07, 6.45) is 6.76. The molecule has 8 heteroatoms. The van der Waals surface area contributed by atoms with Crippen LogP contribution in [0.15, 0.2) is 60.9 Å². The summed E-state index contributed by atoms with van der Waals surface area (Å²) in [5.74, 6) is 1.19. The van der Waals surface area contributed by atoms with Gasteiger partial charge in [0.2, 0.25) is 6.79 Å². The second kappa shape index (κ2) is 8.61. The summed E-state index contributed by atoms with van der Waals surface area (Å²) in [6, 6.07) is 13.1. The molecule has 4 aromatic rings. The van der Waals surface area contributed by atoms with E-state index in [1.165, 1.54) is 11.3 Å². The average Bonchev–Trinajstić information content (AvgIpc) is 3.46. The lowest BCUT2D eigenvalue weighted by Gasteiger charge is -2.18. The molecule has 0 bridgehead atoms. The number of thiazole rings is 1. The van der Waals surface area contributed by atoms with Crippen LogP contribution < -0.4 is 14.4 Å². The molecular formula is C24H18ClN3O3S. The normalized spacial score (nSPS) is 12.6. The second-order valence-corrected chi connectivity index (χ2v) is 8.66. The van der Waals surface area contributed by atoms with E-state index in [0.29, 0.717) is 28.2 Å². The third-order valence-electron chi connectivity index (χ3n) is 5.11. The van der Waals surface area contributed by atoms with E-state index >= 15 is 0 Å². The highest BCUT2D eigenvalue weighted by Gasteiger charge is 2.20. The SMILES string of the molecule is Cc1c(Cl)ccc2sc(N(Cc3cccnc3)C(=O)C=Cc3ccc4c(c3)OCO4)nc12. The van der Waals surface area contributed by atoms with Gasteiger partial charge in [-0.25, -0.2) is 4.98 Å². The van der Waals surface area contributed by atoms with Crippen molar-refractivity contribution >= 4 is 50.3 Å². The molecule has 0 radical (unpaired) electrons. The quantitative estimate of drug-likeness (QED) is 0.359. The first-order valence-electron chi connectivity index (χ1n) is 9.92. The van der Waals surface area contributed by atoms with Crippen molar-refractivity contribution < 1.29 is 14.3 Å². The van der Waals surface area contributed by atoms with Crippen LogP contribution in [0.25, 0.3) is 16.3 Å². The van der Waals surface area contributed by atoms with Gasteiger partial charge in [-0.1, -0.05) is 35.1 Å². The highest BCUT2D eigenvalue weighted by Crippen LogP contribution is 2.35. The Morgan fingerprint density at radius 1 is 1.22 bits per heavy atom. The number of aromatic nitrogens is 2. The highest BCUT2D eigenvalue weighted by atomic mass is 35.5. The molecule has 1 aliphatic heterocycles. The van der Waals surface area contributed by atoms with Crippen molar-refractivity contribution in [3.8, 4) is 11.5 Å². The maximum atomic E-state index is 13.3. The van der Waals surface area contributed by atoms with Crippen molar-refractivity contribution in [2.45, 2.75) is 13.5 Å². The van der Waals surface area contributed by atoms with E-state index in [9.17, 15) is 4.79 Å². The molecular weight excluding hydrogens is 446 g/mol. The van der Waals surface area contributed by atoms with E-state index in [4.69, 9.17) is 26.1 Å². The lowest BCUT2D eigenvalue weighted by molar-refractivity contribution is -0.114. The fourth-order valence-electron chi connectivity index (χ4n) is 3.39. The van der Waals surface area contributed by atoms with Gasteiger partial charge in [0.15, 0.2) is 16.6 Å². The Morgan fingerprint density at radius 2 is 2.09 bits per heavy atom. The summed E-state index contributed by atoms with van der Waals surface area (Å²) < 4.78 is 11.7. The number of benzene rings is 2. The van der Waals surface area contributed by atoms with Gasteiger partial charge in [-0.05, 0) is 60.0 Å². The summed E-state index contributed by atoms with van der Waals surface area (Å²) in [7, 11) is 0. The van der Waals surface area contributed by atoms with E-state index < -0.39 is 0 Å². The zero-order valence-corrected chi connectivity index (χ0v) is 18.7. The van der Waals surface area contributed by atoms with E-state index in [0.717, 1.165) is 26.9 Å². The Balaban J connectivity index is 1.48. The van der Waals surface area contributed by atoms with E-state index in [1.54, 1.807) is 29.4 Å². The number of fused-ring (bicyclic) bond motifs is 2. The van der Waals surface area contributed by atoms with Gasteiger partial charge < -0.3 is 9.47 Å². The van der Waals surface area contributed by atoms with Crippen LogP contribution >= 0.6 is 22.9 Å². The van der Waals surface area contributed by atoms with Crippen molar-refractivity contribution in [3.05, 3.63) is 82.6 Å². The summed E-state index contributed by atoms with van der Waals surface area (Å²) in [5, 5.41) is 1.26. The van der Waals surface area contributed by atoms with Gasteiger partial charge in [0.25, 0.3) is 5.91 Å². The van der Waals surface area contributed by atoms with Gasteiger partial charge in [-0.2, -0.15) is 0 Å². The molecule has 0 saturated heterocycles. The van der Waals surface area contributed by atoms with Gasteiger partial charge in [-0.3, -0.25) is 14.7 Å². The monoisotopic (exact) mass is 463 g/mol. The molecule has 5 rings (SSSR count). The van der Waals surface area contributed by atoms with Crippen molar-refractivity contribution in [1.82, 2.24) is 9.97 Å². The maximum absolute atomic E-state index is 13.3. The highest BCUT2D eigenvalue weighted by molar-refractivity contribution is 7.22. The number of halogens is 1. The van der Waals surface area contributed by atoms with Gasteiger partial charge in [0, 0.05) is 23.5 Å². The van der Waals surface area contributed by atoms with Crippen molar-refractivity contribution in [1.29, 1.82) is 0 Å². The van der Waals surface area contributed by atoms with Gasteiger partial charge in [-0.15, -0.1) is 0 Å². The Morgan fingerprint density at radius 3 is 2.94 bits per heavy atom. The number of carbonyl (C=O) groups excluding carboxylic acids is 1. The number of amides is 1. The molecule has 0 atom stereocenters. The van der Waals surface area contributed by atoms with Gasteiger partial charge in [0.1, 0.15) is 0 Å². The molecule has 0 saturated carbocycles. The lowest BCUT2D eigenvalue weighted by Crippen LogP contribution is -2.28. The van der Waals surface area contributed by atoms with Gasteiger partial charge in [0.05, 0.1) is 16.8 Å². The zero-order chi connectivity index (χ0) is 22.1. The van der Waals surface area contributed by atoms with E-state index in [1.807, 2.05) is 49.4 Å². The van der Waals surface area contributed by atoms with Crippen LogP contribution in [-0.4, -0.2) is 22.7 Å². The largest absolute Gasteiger partial charge is 0.454 e. The van der Waals surface area contributed by atoms with Crippen LogP contribution in [0.2, 0.25) is 5.02 Å². The number of aryl methyl sites for hydroxylation is 1. The first kappa shape index (κ1) is 20.5. The maximum Gasteiger partial charge on any atom is 0.253 e. The Labute approximate surface area is 193 Å². The van der Waals surface area contributed by atoms with E-state index in [-0.39, 0.29) is 12.7 Å². The topological polar surface area (TPSA) is 64.6 Å². The number of rotatable bonds is 5. The molecule has 1 amide bonds. The minimum atomic E-state index is -0.186. The molecule has 0 unspecified atom stereocenters. The molecule has 160 valence electrons. The minimum Gasteiger partial charge on any atom is -0.454 e. The molecule has 2 aromatic heterocycles. The fourth-order valence-corrected chi connectivity index (χ4v) is 4.57. The molecule has 0 spiro atoms. The minimum absolute atomic E-state index is 0.186. The van der Waals surface area contributed by atoms with Crippen molar-refractivity contribution in [2.75, 3.05) is 11.7 Å². The van der Waals surface area contributed by atoms with Crippen LogP contribution in [0.5, 0.6) is 11.5 Å². The number of pyridine rings is 1. The smallest absolute Gasteiger partial charge is 0.253 e. The first-order valence-corrected chi connectivity index (χ1v) is 11.1.